The van der Waals surface area contributed by atoms with E-state index in [2.05, 4.69) is 15.5 Å². The van der Waals surface area contributed by atoms with Crippen LogP contribution in [-0.2, 0) is 17.6 Å². The van der Waals surface area contributed by atoms with Gasteiger partial charge < -0.3 is 14.4 Å². The molecular weight excluding hydrogens is 434 g/mol. The molecule has 0 spiro atoms. The Balaban J connectivity index is 1.46. The number of ether oxygens (including phenoxy) is 1. The minimum absolute atomic E-state index is 0.139. The van der Waals surface area contributed by atoms with E-state index in [0.717, 1.165) is 24.2 Å². The Kier molecular flexibility index (Phi) is 4.83. The lowest BCUT2D eigenvalue weighted by molar-refractivity contribution is -0.0111. The average Bonchev–Trinajstić information content (AvgIpc) is 3.09. The molecule has 5 rings (SSSR count). The van der Waals surface area contributed by atoms with Crippen molar-refractivity contribution in [2.45, 2.75) is 63.0 Å². The van der Waals surface area contributed by atoms with E-state index in [9.17, 15) is 18.4 Å². The molecule has 3 aliphatic rings. The van der Waals surface area contributed by atoms with Crippen LogP contribution in [0.5, 0.6) is 0 Å². The van der Waals surface area contributed by atoms with Crippen LogP contribution in [-0.4, -0.2) is 51.0 Å². The fourth-order valence-corrected chi connectivity index (χ4v) is 5.39. The number of nitrogens with zero attached hydrogens (tertiary/aromatic N) is 3. The molecule has 0 unspecified atom stereocenters. The molecule has 0 radical (unpaired) electrons. The Hall–Kier alpha value is -2.76. The zero-order chi connectivity index (χ0) is 21.8. The Labute approximate surface area is 179 Å². The predicted octanol–water partition coefficient (Wildman–Crippen LogP) is 4.45. The van der Waals surface area contributed by atoms with Crippen molar-refractivity contribution in [3.05, 3.63) is 16.3 Å². The number of rotatable bonds is 4. The van der Waals surface area contributed by atoms with Crippen molar-refractivity contribution in [1.82, 2.24) is 15.0 Å². The van der Waals surface area contributed by atoms with Gasteiger partial charge in [0.25, 0.3) is 11.8 Å². The van der Waals surface area contributed by atoms with Gasteiger partial charge in [-0.15, -0.1) is 11.3 Å². The summed E-state index contributed by atoms with van der Waals surface area (Å²) in [6.07, 6.45) is 0.0537. The maximum Gasteiger partial charge on any atom is 0.507 e. The van der Waals surface area contributed by atoms with Gasteiger partial charge in [-0.1, -0.05) is 5.16 Å². The van der Waals surface area contributed by atoms with Crippen LogP contribution in [0.4, 0.5) is 23.4 Å². The van der Waals surface area contributed by atoms with Crippen LogP contribution in [0, 0.1) is 0 Å². The van der Waals surface area contributed by atoms with Crippen LogP contribution in [0.2, 0.25) is 0 Å². The first-order valence-electron chi connectivity index (χ1n) is 10.1. The fourth-order valence-electron chi connectivity index (χ4n) is 4.08. The Morgan fingerprint density at radius 3 is 2.87 bits per heavy atom. The molecule has 2 amide bonds. The molecule has 3 heterocycles. The molecule has 2 aromatic rings. The number of amides is 2. The summed E-state index contributed by atoms with van der Waals surface area (Å²) in [5.41, 5.74) is 1.18. The van der Waals surface area contributed by atoms with E-state index in [1.807, 2.05) is 0 Å². The first-order chi connectivity index (χ1) is 14.8. The van der Waals surface area contributed by atoms with E-state index in [4.69, 9.17) is 14.4 Å². The number of urea groups is 1. The molecule has 12 heteroatoms. The number of anilines is 1. The summed E-state index contributed by atoms with van der Waals surface area (Å²) >= 11 is 1.07. The first kappa shape index (κ1) is 20.2. The van der Waals surface area contributed by atoms with Crippen LogP contribution in [0.15, 0.2) is 4.52 Å². The molecule has 2 aromatic heterocycles. The molecule has 1 atom stereocenters. The third-order valence-corrected chi connectivity index (χ3v) is 6.91. The third-order valence-electron chi connectivity index (χ3n) is 5.76. The summed E-state index contributed by atoms with van der Waals surface area (Å²) in [5.74, 6) is -1.75. The fraction of sp³-hybridized carbons (Fsp3) is 0.579. The maximum absolute atomic E-state index is 14.0. The molecule has 1 aliphatic heterocycles. The van der Waals surface area contributed by atoms with Gasteiger partial charge in [-0.2, -0.15) is 4.98 Å². The highest BCUT2D eigenvalue weighted by Crippen LogP contribution is 2.48. The number of hydrogen-bond donors (Lipinski definition) is 2. The van der Waals surface area contributed by atoms with E-state index in [0.29, 0.717) is 46.2 Å². The molecule has 1 saturated carbocycles. The smallest absolute Gasteiger partial charge is 0.450 e. The highest BCUT2D eigenvalue weighted by molar-refractivity contribution is 7.17. The predicted molar refractivity (Wildman–Crippen MR) is 104 cm³/mol. The van der Waals surface area contributed by atoms with Gasteiger partial charge in [-0.25, -0.2) is 18.4 Å². The van der Waals surface area contributed by atoms with Crippen molar-refractivity contribution in [3.8, 4) is 11.5 Å². The monoisotopic (exact) mass is 454 g/mol. The second-order valence-corrected chi connectivity index (χ2v) is 9.18. The summed E-state index contributed by atoms with van der Waals surface area (Å²) in [6.45, 7) is 0.328. The number of carboxylic acid groups (broad SMARTS) is 1. The third kappa shape index (κ3) is 3.95. The maximum atomic E-state index is 14.0. The summed E-state index contributed by atoms with van der Waals surface area (Å²) in [4.78, 5) is 30.0. The molecule has 31 heavy (non-hydrogen) atoms. The van der Waals surface area contributed by atoms with E-state index < -0.39 is 30.8 Å². The number of alkyl halides is 2. The number of thiophene rings is 1. The topological polar surface area (TPSA) is 118 Å². The first-order valence-corrected chi connectivity index (χ1v) is 11.0. The van der Waals surface area contributed by atoms with Gasteiger partial charge >= 0.3 is 12.2 Å². The van der Waals surface area contributed by atoms with Crippen LogP contribution < -0.4 is 5.32 Å². The van der Waals surface area contributed by atoms with Crippen molar-refractivity contribution in [2.24, 2.45) is 0 Å². The minimum Gasteiger partial charge on any atom is -0.450 e. The number of hydrogen-bond acceptors (Lipinski definition) is 7. The van der Waals surface area contributed by atoms with Crippen LogP contribution in [0.3, 0.4) is 0 Å². The molecular formula is C19H20F2N4O5S. The number of aromatic nitrogens is 2. The molecule has 2 aliphatic carbocycles. The quantitative estimate of drug-likeness (QED) is 0.656. The normalized spacial score (nSPS) is 22.3. The van der Waals surface area contributed by atoms with Crippen molar-refractivity contribution in [3.63, 3.8) is 0 Å². The van der Waals surface area contributed by atoms with Crippen molar-refractivity contribution >= 4 is 28.5 Å². The van der Waals surface area contributed by atoms with Crippen molar-refractivity contribution in [2.75, 3.05) is 11.9 Å². The highest BCUT2D eigenvalue weighted by Gasteiger charge is 2.40. The van der Waals surface area contributed by atoms with Gasteiger partial charge in [0, 0.05) is 36.6 Å². The van der Waals surface area contributed by atoms with E-state index in [-0.39, 0.29) is 24.7 Å². The number of carbonyl (C=O) groups excluding carboxylic acids is 1. The average molecular weight is 454 g/mol. The Morgan fingerprint density at radius 1 is 1.32 bits per heavy atom. The zero-order valence-corrected chi connectivity index (χ0v) is 17.2. The SMILES string of the molecule is O=C(O)O[C@@H]1CCCN1C(=O)Nc1sc2c(c1-c1nc(C3CC3)no1)CCC(F)(F)C2. The van der Waals surface area contributed by atoms with E-state index in [1.54, 1.807) is 0 Å². The molecule has 2 fully saturated rings. The second kappa shape index (κ2) is 7.43. The molecule has 1 saturated heterocycles. The molecule has 2 N–H and O–H groups in total. The van der Waals surface area contributed by atoms with Gasteiger partial charge in [0.2, 0.25) is 0 Å². The highest BCUT2D eigenvalue weighted by atomic mass is 32.1. The van der Waals surface area contributed by atoms with Gasteiger partial charge in [-0.05, 0) is 31.2 Å². The molecule has 9 nitrogen and oxygen atoms in total. The molecule has 166 valence electrons. The summed E-state index contributed by atoms with van der Waals surface area (Å²) < 4.78 is 38.3. The second-order valence-electron chi connectivity index (χ2n) is 8.08. The van der Waals surface area contributed by atoms with Crippen LogP contribution in [0.1, 0.15) is 54.3 Å². The lowest BCUT2D eigenvalue weighted by Crippen LogP contribution is -2.40. The molecule has 0 aromatic carbocycles. The van der Waals surface area contributed by atoms with Crippen LogP contribution in [0.25, 0.3) is 11.5 Å². The summed E-state index contributed by atoms with van der Waals surface area (Å²) in [5, 5.41) is 16.0. The lowest BCUT2D eigenvalue weighted by Gasteiger charge is -2.23. The van der Waals surface area contributed by atoms with E-state index in [1.165, 1.54) is 4.90 Å². The Bertz CT molecular complexity index is 1030. The number of fused-ring (bicyclic) bond motifs is 1. The van der Waals surface area contributed by atoms with Gasteiger partial charge in [0.05, 0.1) is 5.56 Å². The number of likely N-dealkylation sites (tertiary alicyclic amines) is 1. The standard InChI is InChI=1S/C19H20F2N4O5S/c20-19(21)6-5-10-11(8-19)31-16(13(10)15-22-14(24-30-15)9-3-4-9)23-17(26)25-7-1-2-12(25)29-18(27)28/h9,12H,1-8H2,(H,23,26)(H,27,28)/t12-/m1/s1. The number of nitrogens with one attached hydrogen (secondary N) is 1. The number of carbonyl (C=O) groups is 2. The largest absolute Gasteiger partial charge is 0.507 e. The van der Waals surface area contributed by atoms with Gasteiger partial charge in [0.15, 0.2) is 12.1 Å². The summed E-state index contributed by atoms with van der Waals surface area (Å²) in [6, 6.07) is -0.558. The molecule has 0 bridgehead atoms. The van der Waals surface area contributed by atoms with Crippen molar-refractivity contribution < 1.29 is 32.7 Å². The zero-order valence-electron chi connectivity index (χ0n) is 16.4. The number of halogens is 2. The minimum atomic E-state index is -2.81. The lowest BCUT2D eigenvalue weighted by atomic mass is 9.92. The van der Waals surface area contributed by atoms with Crippen molar-refractivity contribution in [1.29, 1.82) is 0 Å². The summed E-state index contributed by atoms with van der Waals surface area (Å²) in [7, 11) is 0. The van der Waals surface area contributed by atoms with Gasteiger partial charge in [-0.3, -0.25) is 10.2 Å². The van der Waals surface area contributed by atoms with E-state index >= 15 is 0 Å². The Morgan fingerprint density at radius 2 is 2.13 bits per heavy atom. The van der Waals surface area contributed by atoms with Gasteiger partial charge in [0.1, 0.15) is 5.00 Å². The van der Waals surface area contributed by atoms with Crippen LogP contribution >= 0.6 is 11.3 Å².